The van der Waals surface area contributed by atoms with Crippen molar-refractivity contribution in [2.45, 2.75) is 50.2 Å². The van der Waals surface area contributed by atoms with Gasteiger partial charge in [-0.15, -0.1) is 10.2 Å². The Morgan fingerprint density at radius 2 is 1.58 bits per heavy atom. The van der Waals surface area contributed by atoms with E-state index in [0.29, 0.717) is 25.8 Å². The Labute approximate surface area is 263 Å². The topological polar surface area (TPSA) is 114 Å². The molecule has 1 amide bonds. The Morgan fingerprint density at radius 1 is 0.844 bits per heavy atom. The lowest BCUT2D eigenvalue weighted by Gasteiger charge is -2.34. The van der Waals surface area contributed by atoms with Gasteiger partial charge in [-0.3, -0.25) is 4.79 Å². The lowest BCUT2D eigenvalue weighted by Crippen LogP contribution is -2.59. The summed E-state index contributed by atoms with van der Waals surface area (Å²) >= 11 is 0. The van der Waals surface area contributed by atoms with Gasteiger partial charge in [0.15, 0.2) is 5.82 Å². The van der Waals surface area contributed by atoms with Crippen LogP contribution < -0.4 is 16.4 Å². The maximum atomic E-state index is 13.9. The highest BCUT2D eigenvalue weighted by molar-refractivity contribution is 5.87. The molecule has 1 unspecified atom stereocenters. The molecule has 5 N–H and O–H groups in total. The fraction of sp³-hybridized carbons (Fsp3) is 0.270. The van der Waals surface area contributed by atoms with Gasteiger partial charge in [-0.1, -0.05) is 91.0 Å². The third kappa shape index (κ3) is 6.12. The SMILES string of the molecule is NC1(C(=O)NC(Cc2c[nH]c3ccccc23)c2nnc(CCc3ccccc3)n2Cc2cccc3ccccc23)CCNCC1. The van der Waals surface area contributed by atoms with E-state index in [1.807, 2.05) is 24.4 Å². The van der Waals surface area contributed by atoms with E-state index >= 15 is 0 Å². The first-order valence-electron chi connectivity index (χ1n) is 15.9. The van der Waals surface area contributed by atoms with Crippen LogP contribution in [-0.4, -0.2) is 44.3 Å². The van der Waals surface area contributed by atoms with Gasteiger partial charge < -0.3 is 25.9 Å². The van der Waals surface area contributed by atoms with Crippen molar-refractivity contribution in [3.05, 3.63) is 132 Å². The minimum atomic E-state index is -0.930. The maximum Gasteiger partial charge on any atom is 0.240 e. The van der Waals surface area contributed by atoms with Crippen molar-refractivity contribution in [3.8, 4) is 0 Å². The molecule has 6 aromatic rings. The molecule has 1 atom stereocenters. The Bertz CT molecular complexity index is 1910. The number of aryl methyl sites for hydroxylation is 2. The van der Waals surface area contributed by atoms with E-state index in [0.717, 1.165) is 54.0 Å². The van der Waals surface area contributed by atoms with Gasteiger partial charge in [0, 0.05) is 29.9 Å². The molecule has 45 heavy (non-hydrogen) atoms. The number of nitrogens with zero attached hydrogens (tertiary/aromatic N) is 3. The van der Waals surface area contributed by atoms with Crippen molar-refractivity contribution in [1.82, 2.24) is 30.4 Å². The van der Waals surface area contributed by atoms with E-state index in [1.54, 1.807) is 0 Å². The molecule has 1 saturated heterocycles. The number of amides is 1. The van der Waals surface area contributed by atoms with Crippen LogP contribution in [0, 0.1) is 0 Å². The molecule has 0 aliphatic carbocycles. The summed E-state index contributed by atoms with van der Waals surface area (Å²) < 4.78 is 2.22. The zero-order valence-corrected chi connectivity index (χ0v) is 25.4. The number of carbonyl (C=O) groups is 1. The van der Waals surface area contributed by atoms with Gasteiger partial charge in [-0.25, -0.2) is 0 Å². The van der Waals surface area contributed by atoms with E-state index in [9.17, 15) is 4.79 Å². The predicted octanol–water partition coefficient (Wildman–Crippen LogP) is 5.23. The smallest absolute Gasteiger partial charge is 0.240 e. The van der Waals surface area contributed by atoms with Crippen molar-refractivity contribution in [2.75, 3.05) is 13.1 Å². The molecule has 0 spiro atoms. The Kier molecular flexibility index (Phi) is 8.15. The fourth-order valence-electron chi connectivity index (χ4n) is 6.59. The minimum Gasteiger partial charge on any atom is -0.361 e. The maximum absolute atomic E-state index is 13.9. The highest BCUT2D eigenvalue weighted by Gasteiger charge is 2.37. The molecule has 0 radical (unpaired) electrons. The first-order valence-corrected chi connectivity index (χ1v) is 15.9. The Hall–Kier alpha value is -4.79. The lowest BCUT2D eigenvalue weighted by molar-refractivity contribution is -0.128. The molecule has 8 heteroatoms. The highest BCUT2D eigenvalue weighted by Crippen LogP contribution is 2.28. The van der Waals surface area contributed by atoms with E-state index in [2.05, 4.69) is 99.0 Å². The quantitative estimate of drug-likeness (QED) is 0.173. The largest absolute Gasteiger partial charge is 0.361 e. The Balaban J connectivity index is 1.30. The second kappa shape index (κ2) is 12.7. The minimum absolute atomic E-state index is 0.139. The second-order valence-electron chi connectivity index (χ2n) is 12.2. The molecule has 4 aromatic carbocycles. The highest BCUT2D eigenvalue weighted by atomic mass is 16.2. The molecule has 8 nitrogen and oxygen atoms in total. The third-order valence-corrected chi connectivity index (χ3v) is 9.21. The second-order valence-corrected chi connectivity index (χ2v) is 12.2. The van der Waals surface area contributed by atoms with Crippen molar-refractivity contribution >= 4 is 27.6 Å². The number of aromatic nitrogens is 4. The molecule has 1 fully saturated rings. The third-order valence-electron chi connectivity index (χ3n) is 9.21. The van der Waals surface area contributed by atoms with E-state index in [1.165, 1.54) is 21.9 Å². The zero-order valence-electron chi connectivity index (χ0n) is 25.4. The summed E-state index contributed by atoms with van der Waals surface area (Å²) in [5, 5.41) is 19.8. The van der Waals surface area contributed by atoms with Gasteiger partial charge in [-0.2, -0.15) is 0 Å². The van der Waals surface area contributed by atoms with Crippen LogP contribution in [0.5, 0.6) is 0 Å². The van der Waals surface area contributed by atoms with Crippen LogP contribution in [0.1, 0.15) is 47.2 Å². The monoisotopic (exact) mass is 597 g/mol. The standard InChI is InChI=1S/C37H39N7O/c38-37(19-21-39-22-20-37)36(45)41-33(23-29-24-40-32-16-7-6-15-31(29)32)35-43-42-34(18-17-26-9-2-1-3-10-26)44(35)25-28-13-8-12-27-11-4-5-14-30(27)28/h1-16,24,33,39-40H,17-23,25,38H2,(H,41,45). The van der Waals surface area contributed by atoms with Gasteiger partial charge in [0.1, 0.15) is 5.82 Å². The average Bonchev–Trinajstić information content (AvgIpc) is 3.68. The van der Waals surface area contributed by atoms with Crippen molar-refractivity contribution < 1.29 is 4.79 Å². The van der Waals surface area contributed by atoms with Crippen LogP contribution in [0.2, 0.25) is 0 Å². The molecule has 0 bridgehead atoms. The summed E-state index contributed by atoms with van der Waals surface area (Å²) in [6.07, 6.45) is 5.33. The number of fused-ring (bicyclic) bond motifs is 2. The van der Waals surface area contributed by atoms with Gasteiger partial charge in [0.25, 0.3) is 0 Å². The summed E-state index contributed by atoms with van der Waals surface area (Å²) in [5.41, 5.74) is 10.4. The molecule has 228 valence electrons. The Morgan fingerprint density at radius 3 is 2.42 bits per heavy atom. The molecule has 2 aromatic heterocycles. The molecular formula is C37H39N7O. The van der Waals surface area contributed by atoms with Crippen LogP contribution in [0.15, 0.2) is 103 Å². The number of para-hydroxylation sites is 1. The fourth-order valence-corrected chi connectivity index (χ4v) is 6.59. The normalized spacial score (nSPS) is 15.3. The number of rotatable bonds is 10. The van der Waals surface area contributed by atoms with Gasteiger partial charge in [-0.05, 0) is 65.9 Å². The van der Waals surface area contributed by atoms with E-state index in [4.69, 9.17) is 15.9 Å². The van der Waals surface area contributed by atoms with Crippen LogP contribution in [0.25, 0.3) is 21.7 Å². The van der Waals surface area contributed by atoms with Crippen molar-refractivity contribution in [2.24, 2.45) is 5.73 Å². The van der Waals surface area contributed by atoms with Gasteiger partial charge in [0.2, 0.25) is 5.91 Å². The lowest BCUT2D eigenvalue weighted by atomic mass is 9.88. The van der Waals surface area contributed by atoms with Crippen molar-refractivity contribution in [3.63, 3.8) is 0 Å². The number of piperidine rings is 1. The number of nitrogens with two attached hydrogens (primary N) is 1. The number of aromatic amines is 1. The average molecular weight is 598 g/mol. The van der Waals surface area contributed by atoms with E-state index in [-0.39, 0.29) is 5.91 Å². The first kappa shape index (κ1) is 29.0. The molecular weight excluding hydrogens is 558 g/mol. The number of H-pyrrole nitrogens is 1. The number of carbonyl (C=O) groups excluding carboxylic acids is 1. The predicted molar refractivity (Wildman–Crippen MR) is 179 cm³/mol. The molecule has 1 aliphatic rings. The summed E-state index contributed by atoms with van der Waals surface area (Å²) in [6, 6.07) is 33.2. The molecule has 3 heterocycles. The molecule has 7 rings (SSSR count). The van der Waals surface area contributed by atoms with E-state index < -0.39 is 11.6 Å². The summed E-state index contributed by atoms with van der Waals surface area (Å²) in [6.45, 7) is 2.03. The number of benzene rings is 4. The zero-order chi connectivity index (χ0) is 30.6. The number of hydrogen-bond acceptors (Lipinski definition) is 5. The summed E-state index contributed by atoms with van der Waals surface area (Å²) in [7, 11) is 0. The van der Waals surface area contributed by atoms with Crippen LogP contribution in [-0.2, 0) is 30.6 Å². The van der Waals surface area contributed by atoms with Crippen LogP contribution in [0.4, 0.5) is 0 Å². The first-order chi connectivity index (χ1) is 22.1. The van der Waals surface area contributed by atoms with Gasteiger partial charge >= 0.3 is 0 Å². The summed E-state index contributed by atoms with van der Waals surface area (Å²) in [4.78, 5) is 17.3. The number of hydrogen-bond donors (Lipinski definition) is 4. The number of nitrogens with one attached hydrogen (secondary N) is 3. The van der Waals surface area contributed by atoms with Gasteiger partial charge in [0.05, 0.1) is 18.1 Å². The molecule has 0 saturated carbocycles. The summed E-state index contributed by atoms with van der Waals surface area (Å²) in [5.74, 6) is 1.49. The van der Waals surface area contributed by atoms with Crippen LogP contribution in [0.3, 0.4) is 0 Å². The van der Waals surface area contributed by atoms with Crippen molar-refractivity contribution in [1.29, 1.82) is 0 Å². The van der Waals surface area contributed by atoms with Crippen LogP contribution >= 0.6 is 0 Å². The molecule has 1 aliphatic heterocycles.